The fourth-order valence-electron chi connectivity index (χ4n) is 4.73. The van der Waals surface area contributed by atoms with Crippen LogP contribution in [0.25, 0.3) is 11.4 Å². The second kappa shape index (κ2) is 10.4. The molecule has 11 nitrogen and oxygen atoms in total. The maximum absolute atomic E-state index is 14.8. The zero-order valence-electron chi connectivity index (χ0n) is 22.1. The van der Waals surface area contributed by atoms with Crippen molar-refractivity contribution in [1.82, 2.24) is 24.1 Å². The largest absolute Gasteiger partial charge is 0.480 e. The Morgan fingerprint density at radius 3 is 2.50 bits per heavy atom. The maximum atomic E-state index is 14.8. The van der Waals surface area contributed by atoms with Crippen LogP contribution in [0.15, 0.2) is 41.5 Å². The van der Waals surface area contributed by atoms with Crippen LogP contribution < -0.4 is 25.2 Å². The summed E-state index contributed by atoms with van der Waals surface area (Å²) in [7, 11) is 4.40. The molecule has 0 aliphatic carbocycles. The van der Waals surface area contributed by atoms with Gasteiger partial charge >= 0.3 is 12.0 Å². The molecule has 208 valence electrons. The van der Waals surface area contributed by atoms with E-state index in [0.717, 1.165) is 0 Å². The predicted molar refractivity (Wildman–Crippen MR) is 148 cm³/mol. The third-order valence-electron chi connectivity index (χ3n) is 6.42. The molecule has 1 aliphatic rings. The van der Waals surface area contributed by atoms with Gasteiger partial charge < -0.3 is 18.6 Å². The van der Waals surface area contributed by atoms with Crippen LogP contribution >= 0.6 is 23.2 Å². The van der Waals surface area contributed by atoms with Crippen molar-refractivity contribution in [2.24, 2.45) is 7.05 Å². The number of benzene rings is 1. The number of carbonyl (C=O) groups is 1. The van der Waals surface area contributed by atoms with Crippen molar-refractivity contribution in [1.29, 1.82) is 0 Å². The molecule has 4 aromatic rings. The van der Waals surface area contributed by atoms with Crippen molar-refractivity contribution in [3.63, 3.8) is 0 Å². The molecule has 1 aliphatic heterocycles. The number of carbonyl (C=O) groups excluding carboxylic acids is 1. The van der Waals surface area contributed by atoms with Crippen LogP contribution in [0.2, 0.25) is 10.0 Å². The minimum atomic E-state index is -1.00. The molecule has 1 aromatic carbocycles. The number of imidazole rings is 1. The highest BCUT2D eigenvalue weighted by molar-refractivity contribution is 6.31. The molecule has 0 bridgehead atoms. The van der Waals surface area contributed by atoms with Crippen LogP contribution in [0, 0.1) is 5.82 Å². The summed E-state index contributed by atoms with van der Waals surface area (Å²) in [6.45, 7) is 3.84. The summed E-state index contributed by atoms with van der Waals surface area (Å²) in [6, 6.07) is 3.80. The second-order valence-corrected chi connectivity index (χ2v) is 10.1. The monoisotopic (exact) mass is 587 g/mol. The van der Waals surface area contributed by atoms with Gasteiger partial charge in [-0.2, -0.15) is 4.98 Å². The lowest BCUT2D eigenvalue weighted by Crippen LogP contribution is -2.46. The van der Waals surface area contributed by atoms with Crippen molar-refractivity contribution in [3.8, 4) is 23.3 Å². The fraction of sp³-hybridized carbons (Fsp3) is 0.269. The SMILES string of the molecule is COc1ncc(-c2nc3c(n2C(C)C)C(c2ccc(Cl)c(F)c2)N(c2cc(Cl)cn(C)c2=O)C(=O)N3)c(OC)n1. The molecule has 0 saturated heterocycles. The number of aryl methyl sites for hydroxylation is 1. The van der Waals surface area contributed by atoms with Gasteiger partial charge in [0.05, 0.1) is 35.5 Å². The zero-order valence-corrected chi connectivity index (χ0v) is 23.6. The van der Waals surface area contributed by atoms with Crippen molar-refractivity contribution in [3.05, 3.63) is 74.1 Å². The maximum Gasteiger partial charge on any atom is 0.328 e. The van der Waals surface area contributed by atoms with Crippen LogP contribution in [0.4, 0.5) is 20.7 Å². The zero-order chi connectivity index (χ0) is 28.9. The number of aromatic nitrogens is 5. The number of urea groups is 1. The minimum absolute atomic E-state index is 0.0121. The summed E-state index contributed by atoms with van der Waals surface area (Å²) >= 11 is 12.3. The first-order chi connectivity index (χ1) is 19.0. The fourth-order valence-corrected chi connectivity index (χ4v) is 5.10. The van der Waals surface area contributed by atoms with Crippen LogP contribution in [-0.4, -0.2) is 44.3 Å². The molecule has 5 rings (SSSR count). The summed E-state index contributed by atoms with van der Waals surface area (Å²) in [6.07, 6.45) is 2.94. The van der Waals surface area contributed by atoms with Crippen molar-refractivity contribution in [2.75, 3.05) is 24.4 Å². The molecule has 40 heavy (non-hydrogen) atoms. The topological polar surface area (TPSA) is 116 Å². The van der Waals surface area contributed by atoms with Gasteiger partial charge in [0, 0.05) is 25.5 Å². The number of fused-ring (bicyclic) bond motifs is 1. The molecule has 0 fully saturated rings. The molecule has 14 heteroatoms. The molecule has 3 aromatic heterocycles. The van der Waals surface area contributed by atoms with E-state index in [1.54, 1.807) is 6.07 Å². The van der Waals surface area contributed by atoms with E-state index in [4.69, 9.17) is 37.7 Å². The highest BCUT2D eigenvalue weighted by Gasteiger charge is 2.42. The lowest BCUT2D eigenvalue weighted by molar-refractivity contribution is 0.254. The van der Waals surface area contributed by atoms with Gasteiger partial charge in [-0.1, -0.05) is 29.3 Å². The first-order valence-corrected chi connectivity index (χ1v) is 12.8. The highest BCUT2D eigenvalue weighted by atomic mass is 35.5. The standard InChI is InChI=1S/C26H24Cl2FN7O4/c1-12(2)35-20-19(13-6-7-16(28)17(29)8-13)36(18-9-14(27)11-34(3)24(18)37)26(38)32-21(20)31-22(35)15-10-30-25(40-5)33-23(15)39-4/h6-12,19H,1-5H3,(H,32,38). The minimum Gasteiger partial charge on any atom is -0.480 e. The van der Waals surface area contributed by atoms with E-state index >= 15 is 0 Å². The van der Waals surface area contributed by atoms with Crippen molar-refractivity contribution in [2.45, 2.75) is 25.9 Å². The van der Waals surface area contributed by atoms with E-state index in [0.29, 0.717) is 22.6 Å². The Labute approximate surface area is 238 Å². The van der Waals surface area contributed by atoms with Gasteiger partial charge in [-0.15, -0.1) is 0 Å². The molecular formula is C26H24Cl2FN7O4. The molecule has 2 amide bonds. The summed E-state index contributed by atoms with van der Waals surface area (Å²) in [4.78, 5) is 41.4. The average Bonchev–Trinajstić information content (AvgIpc) is 3.30. The third kappa shape index (κ3) is 4.52. The van der Waals surface area contributed by atoms with Gasteiger partial charge in [0.15, 0.2) is 5.82 Å². The van der Waals surface area contributed by atoms with E-state index < -0.39 is 23.4 Å². The number of nitrogens with zero attached hydrogens (tertiary/aromatic N) is 6. The van der Waals surface area contributed by atoms with Crippen LogP contribution in [-0.2, 0) is 7.05 Å². The second-order valence-electron chi connectivity index (χ2n) is 9.25. The van der Waals surface area contributed by atoms with E-state index in [1.807, 2.05) is 18.4 Å². The molecule has 0 spiro atoms. The number of nitrogens with one attached hydrogen (secondary N) is 1. The van der Waals surface area contributed by atoms with E-state index in [9.17, 15) is 14.0 Å². The first-order valence-electron chi connectivity index (χ1n) is 12.0. The molecular weight excluding hydrogens is 564 g/mol. The molecule has 0 saturated carbocycles. The summed E-state index contributed by atoms with van der Waals surface area (Å²) < 4.78 is 28.6. The van der Waals surface area contributed by atoms with E-state index in [-0.39, 0.29) is 39.5 Å². The molecule has 0 radical (unpaired) electrons. The lowest BCUT2D eigenvalue weighted by atomic mass is 9.98. The number of halogens is 3. The Hall–Kier alpha value is -4.16. The van der Waals surface area contributed by atoms with Gasteiger partial charge in [0.25, 0.3) is 5.56 Å². The van der Waals surface area contributed by atoms with Crippen molar-refractivity contribution < 1.29 is 18.7 Å². The molecule has 1 N–H and O–H groups in total. The molecule has 1 unspecified atom stereocenters. The average molecular weight is 588 g/mol. The smallest absolute Gasteiger partial charge is 0.328 e. The van der Waals surface area contributed by atoms with Crippen LogP contribution in [0.1, 0.15) is 37.2 Å². The number of amides is 2. The Kier molecular flexibility index (Phi) is 7.15. The van der Waals surface area contributed by atoms with Crippen LogP contribution in [0.3, 0.4) is 0 Å². The van der Waals surface area contributed by atoms with Gasteiger partial charge in [-0.3, -0.25) is 15.0 Å². The summed E-state index contributed by atoms with van der Waals surface area (Å²) in [5.41, 5.74) is 0.759. The van der Waals surface area contributed by atoms with Crippen LogP contribution in [0.5, 0.6) is 11.9 Å². The number of pyridine rings is 1. The quantitative estimate of drug-likeness (QED) is 0.328. The van der Waals surface area contributed by atoms with E-state index in [1.165, 1.54) is 61.3 Å². The number of methoxy groups -OCH3 is 2. The summed E-state index contributed by atoms with van der Waals surface area (Å²) in [5.74, 6) is 0.0888. The number of rotatable bonds is 6. The summed E-state index contributed by atoms with van der Waals surface area (Å²) in [5, 5.41) is 2.92. The number of anilines is 2. The van der Waals surface area contributed by atoms with E-state index in [2.05, 4.69) is 15.3 Å². The number of hydrogen-bond acceptors (Lipinski definition) is 7. The molecule has 4 heterocycles. The van der Waals surface area contributed by atoms with Gasteiger partial charge in [-0.05, 0) is 37.6 Å². The predicted octanol–water partition coefficient (Wildman–Crippen LogP) is 5.22. The number of ether oxygens (including phenoxy) is 2. The van der Waals surface area contributed by atoms with Crippen molar-refractivity contribution >= 4 is 40.7 Å². The number of hydrogen-bond donors (Lipinski definition) is 1. The van der Waals surface area contributed by atoms with Gasteiger partial charge in [0.1, 0.15) is 23.4 Å². The first kappa shape index (κ1) is 27.4. The van der Waals surface area contributed by atoms with Gasteiger partial charge in [0.2, 0.25) is 5.88 Å². The Morgan fingerprint density at radius 2 is 1.85 bits per heavy atom. The Bertz CT molecular complexity index is 1710. The molecule has 1 atom stereocenters. The Balaban J connectivity index is 1.84. The Morgan fingerprint density at radius 1 is 1.10 bits per heavy atom. The third-order valence-corrected chi connectivity index (χ3v) is 6.94. The normalized spacial score (nSPS) is 14.8. The highest BCUT2D eigenvalue weighted by Crippen LogP contribution is 2.44. The lowest BCUT2D eigenvalue weighted by Gasteiger charge is -2.37. The van der Waals surface area contributed by atoms with Gasteiger partial charge in [-0.25, -0.2) is 19.2 Å².